The Bertz CT molecular complexity index is 621. The molecule has 0 atom stereocenters. The molecular formula is C24H31N. The maximum Gasteiger partial charge on any atom is 0.00216 e. The van der Waals surface area contributed by atoms with Crippen LogP contribution in [-0.2, 0) is 6.42 Å². The smallest absolute Gasteiger partial charge is 0.00216 e. The molecule has 2 aromatic carbocycles. The highest BCUT2D eigenvalue weighted by Gasteiger charge is 1.99. The predicted octanol–water partition coefficient (Wildman–Crippen LogP) is 6.19. The molecule has 0 aliphatic rings. The fourth-order valence-corrected chi connectivity index (χ4v) is 2.53. The molecule has 1 nitrogen and oxygen atoms in total. The van der Waals surface area contributed by atoms with Crippen molar-refractivity contribution >= 4 is 18.2 Å². The molecule has 0 radical (unpaired) electrons. The van der Waals surface area contributed by atoms with E-state index >= 15 is 0 Å². The lowest BCUT2D eigenvalue weighted by Crippen LogP contribution is -2.25. The second-order valence-corrected chi connectivity index (χ2v) is 5.76. The second kappa shape index (κ2) is 12.0. The zero-order valence-corrected chi connectivity index (χ0v) is 15.7. The van der Waals surface area contributed by atoms with Gasteiger partial charge >= 0.3 is 0 Å². The second-order valence-electron chi connectivity index (χ2n) is 5.76. The standard InChI is InChI=1S/C14H21N.C10H10/c1-4-13-7-9-14(10-8-13)11-12-15(5-2)6-3;1-3-9-7-5-6-8-10(9)4-2/h4,7-10H,1,5-6,11-12H2,2-3H3;3-8H,1-2H2. The monoisotopic (exact) mass is 333 g/mol. The van der Waals surface area contributed by atoms with Crippen molar-refractivity contribution in [3.63, 3.8) is 0 Å². The molecule has 2 rings (SSSR count). The highest BCUT2D eigenvalue weighted by Crippen LogP contribution is 2.10. The van der Waals surface area contributed by atoms with Crippen molar-refractivity contribution in [2.45, 2.75) is 20.3 Å². The lowest BCUT2D eigenvalue weighted by Gasteiger charge is -2.17. The Morgan fingerprint density at radius 3 is 1.68 bits per heavy atom. The molecule has 0 heterocycles. The van der Waals surface area contributed by atoms with E-state index in [0.29, 0.717) is 0 Å². The van der Waals surface area contributed by atoms with E-state index in [-0.39, 0.29) is 0 Å². The normalized spacial score (nSPS) is 9.88. The molecule has 132 valence electrons. The van der Waals surface area contributed by atoms with Crippen LogP contribution in [0, 0.1) is 0 Å². The molecule has 0 aliphatic carbocycles. The Kier molecular flexibility index (Phi) is 9.96. The van der Waals surface area contributed by atoms with Crippen molar-refractivity contribution in [1.82, 2.24) is 4.90 Å². The van der Waals surface area contributed by atoms with E-state index < -0.39 is 0 Å². The van der Waals surface area contributed by atoms with Crippen LogP contribution in [-0.4, -0.2) is 24.5 Å². The number of benzene rings is 2. The van der Waals surface area contributed by atoms with Crippen LogP contribution in [0.4, 0.5) is 0 Å². The van der Waals surface area contributed by atoms with Crippen LogP contribution in [0.3, 0.4) is 0 Å². The summed E-state index contributed by atoms with van der Waals surface area (Å²) in [5.41, 5.74) is 4.88. The molecular weight excluding hydrogens is 302 g/mol. The molecule has 0 spiro atoms. The molecule has 1 heteroatoms. The fourth-order valence-electron chi connectivity index (χ4n) is 2.53. The molecule has 0 unspecified atom stereocenters. The van der Waals surface area contributed by atoms with Gasteiger partial charge in [0.1, 0.15) is 0 Å². The van der Waals surface area contributed by atoms with Crippen LogP contribution < -0.4 is 0 Å². The number of hydrogen-bond donors (Lipinski definition) is 0. The Balaban J connectivity index is 0.000000271. The summed E-state index contributed by atoms with van der Waals surface area (Å²) in [4.78, 5) is 2.45. The largest absolute Gasteiger partial charge is 0.304 e. The first-order valence-electron chi connectivity index (χ1n) is 8.96. The predicted molar refractivity (Wildman–Crippen MR) is 115 cm³/mol. The molecule has 0 fully saturated rings. The molecule has 0 aliphatic heterocycles. The van der Waals surface area contributed by atoms with Crippen LogP contribution in [0.2, 0.25) is 0 Å². The van der Waals surface area contributed by atoms with E-state index in [2.05, 4.69) is 62.7 Å². The van der Waals surface area contributed by atoms with Gasteiger partial charge in [0.15, 0.2) is 0 Å². The van der Waals surface area contributed by atoms with Crippen LogP contribution in [0.1, 0.15) is 36.1 Å². The lowest BCUT2D eigenvalue weighted by molar-refractivity contribution is 0.308. The summed E-state index contributed by atoms with van der Waals surface area (Å²) >= 11 is 0. The van der Waals surface area contributed by atoms with Gasteiger partial charge in [0.2, 0.25) is 0 Å². The van der Waals surface area contributed by atoms with Crippen LogP contribution in [0.25, 0.3) is 18.2 Å². The Morgan fingerprint density at radius 1 is 0.760 bits per heavy atom. The summed E-state index contributed by atoms with van der Waals surface area (Å²) in [6.07, 6.45) is 6.68. The maximum absolute atomic E-state index is 3.75. The SMILES string of the molecule is C=Cc1ccc(CCN(CC)CC)cc1.C=Cc1ccccc1C=C. The van der Waals surface area contributed by atoms with Crippen LogP contribution in [0.5, 0.6) is 0 Å². The first kappa shape index (κ1) is 20.7. The first-order valence-corrected chi connectivity index (χ1v) is 8.96. The van der Waals surface area contributed by atoms with Gasteiger partial charge in [-0.1, -0.05) is 100 Å². The molecule has 0 amide bonds. The first-order chi connectivity index (χ1) is 12.2. The molecule has 0 bridgehead atoms. The van der Waals surface area contributed by atoms with Crippen molar-refractivity contribution in [3.05, 3.63) is 90.5 Å². The average Bonchev–Trinajstić information content (AvgIpc) is 2.69. The van der Waals surface area contributed by atoms with Crippen molar-refractivity contribution in [2.75, 3.05) is 19.6 Å². The van der Waals surface area contributed by atoms with E-state index in [1.807, 2.05) is 42.5 Å². The molecule has 2 aromatic rings. The van der Waals surface area contributed by atoms with Gasteiger partial charge in [-0.2, -0.15) is 0 Å². The van der Waals surface area contributed by atoms with Gasteiger partial charge in [0, 0.05) is 6.54 Å². The van der Waals surface area contributed by atoms with Crippen LogP contribution >= 0.6 is 0 Å². The lowest BCUT2D eigenvalue weighted by atomic mass is 10.1. The van der Waals surface area contributed by atoms with E-state index in [4.69, 9.17) is 0 Å². The Hall–Kier alpha value is -2.38. The van der Waals surface area contributed by atoms with Crippen LogP contribution in [0.15, 0.2) is 68.3 Å². The van der Waals surface area contributed by atoms with Gasteiger partial charge in [-0.15, -0.1) is 0 Å². The third-order valence-corrected chi connectivity index (χ3v) is 4.26. The summed E-state index contributed by atoms with van der Waals surface area (Å²) in [6.45, 7) is 19.0. The number of hydrogen-bond acceptors (Lipinski definition) is 1. The zero-order valence-electron chi connectivity index (χ0n) is 15.7. The minimum Gasteiger partial charge on any atom is -0.304 e. The number of nitrogens with zero attached hydrogens (tertiary/aromatic N) is 1. The summed E-state index contributed by atoms with van der Waals surface area (Å²) in [6, 6.07) is 16.7. The van der Waals surface area contributed by atoms with Gasteiger partial charge in [-0.3, -0.25) is 0 Å². The van der Waals surface area contributed by atoms with Gasteiger partial charge in [-0.25, -0.2) is 0 Å². The maximum atomic E-state index is 3.75. The summed E-state index contributed by atoms with van der Waals surface area (Å²) in [5.74, 6) is 0. The Morgan fingerprint density at radius 2 is 1.28 bits per heavy atom. The topological polar surface area (TPSA) is 3.24 Å². The van der Waals surface area contributed by atoms with Gasteiger partial charge in [-0.05, 0) is 41.8 Å². The summed E-state index contributed by atoms with van der Waals surface area (Å²) in [5, 5.41) is 0. The van der Waals surface area contributed by atoms with Crippen molar-refractivity contribution < 1.29 is 0 Å². The fraction of sp³-hybridized carbons (Fsp3) is 0.250. The minimum absolute atomic E-state index is 1.14. The van der Waals surface area contributed by atoms with E-state index in [0.717, 1.165) is 37.2 Å². The summed E-state index contributed by atoms with van der Waals surface area (Å²) in [7, 11) is 0. The quantitative estimate of drug-likeness (QED) is 0.557. The number of likely N-dealkylation sites (N-methyl/N-ethyl adjacent to an activating group) is 1. The highest BCUT2D eigenvalue weighted by atomic mass is 15.1. The third kappa shape index (κ3) is 7.36. The highest BCUT2D eigenvalue weighted by molar-refractivity contribution is 5.63. The molecule has 25 heavy (non-hydrogen) atoms. The summed E-state index contributed by atoms with van der Waals surface area (Å²) < 4.78 is 0. The molecule has 0 N–H and O–H groups in total. The van der Waals surface area contributed by atoms with Gasteiger partial charge in [0.05, 0.1) is 0 Å². The van der Waals surface area contributed by atoms with Crippen molar-refractivity contribution in [3.8, 4) is 0 Å². The van der Waals surface area contributed by atoms with E-state index in [1.54, 1.807) is 0 Å². The third-order valence-electron chi connectivity index (χ3n) is 4.26. The molecule has 0 saturated heterocycles. The van der Waals surface area contributed by atoms with Crippen molar-refractivity contribution in [2.24, 2.45) is 0 Å². The van der Waals surface area contributed by atoms with E-state index in [9.17, 15) is 0 Å². The molecule has 0 saturated carbocycles. The number of rotatable bonds is 8. The van der Waals surface area contributed by atoms with Gasteiger partial charge < -0.3 is 4.90 Å². The van der Waals surface area contributed by atoms with E-state index in [1.165, 1.54) is 11.1 Å². The zero-order chi connectivity index (χ0) is 18.5. The molecule has 0 aromatic heterocycles. The van der Waals surface area contributed by atoms with Crippen molar-refractivity contribution in [1.29, 1.82) is 0 Å². The Labute approximate surface area is 154 Å². The average molecular weight is 334 g/mol. The minimum atomic E-state index is 1.14. The van der Waals surface area contributed by atoms with Gasteiger partial charge in [0.25, 0.3) is 0 Å².